The number of aliphatic hydroxyl groups is 2. The van der Waals surface area contributed by atoms with Crippen molar-refractivity contribution in [1.29, 1.82) is 0 Å². The molecule has 0 fully saturated rings. The second-order valence-electron chi connectivity index (χ2n) is 3.91. The van der Waals surface area contributed by atoms with Crippen molar-refractivity contribution in [2.45, 2.75) is 26.4 Å². The van der Waals surface area contributed by atoms with Crippen LogP contribution >= 0.6 is 0 Å². The van der Waals surface area contributed by atoms with Gasteiger partial charge < -0.3 is 20.1 Å². The second kappa shape index (κ2) is 7.81. The molecule has 0 aliphatic rings. The van der Waals surface area contributed by atoms with E-state index in [-0.39, 0.29) is 13.0 Å². The van der Waals surface area contributed by atoms with Crippen molar-refractivity contribution in [3.05, 3.63) is 11.6 Å². The molecule has 0 radical (unpaired) electrons. The van der Waals surface area contributed by atoms with Crippen LogP contribution in [0.1, 0.15) is 20.3 Å². The SMILES string of the molecule is CC(C)=CC(CC(=O)O)C(=O)OCC(O)CO. The lowest BCUT2D eigenvalue weighted by Crippen LogP contribution is -2.26. The number of carbonyl (C=O) groups excluding carboxylic acids is 1. The predicted molar refractivity (Wildman–Crippen MR) is 59.2 cm³/mol. The minimum Gasteiger partial charge on any atom is -0.481 e. The van der Waals surface area contributed by atoms with E-state index in [0.29, 0.717) is 0 Å². The first-order valence-corrected chi connectivity index (χ1v) is 5.19. The highest BCUT2D eigenvalue weighted by molar-refractivity contribution is 5.80. The van der Waals surface area contributed by atoms with Crippen molar-refractivity contribution in [3.8, 4) is 0 Å². The lowest BCUT2D eigenvalue weighted by atomic mass is 10.0. The van der Waals surface area contributed by atoms with Crippen LogP contribution in [0.15, 0.2) is 11.6 Å². The Morgan fingerprint density at radius 1 is 1.35 bits per heavy atom. The molecule has 0 aliphatic carbocycles. The highest BCUT2D eigenvalue weighted by Gasteiger charge is 2.21. The Kier molecular flexibility index (Phi) is 7.16. The highest BCUT2D eigenvalue weighted by Crippen LogP contribution is 2.11. The van der Waals surface area contributed by atoms with E-state index in [1.807, 2.05) is 0 Å². The fourth-order valence-electron chi connectivity index (χ4n) is 1.14. The summed E-state index contributed by atoms with van der Waals surface area (Å²) in [7, 11) is 0. The van der Waals surface area contributed by atoms with Crippen molar-refractivity contribution in [2.75, 3.05) is 13.2 Å². The smallest absolute Gasteiger partial charge is 0.313 e. The van der Waals surface area contributed by atoms with Gasteiger partial charge in [0.15, 0.2) is 0 Å². The number of carbonyl (C=O) groups is 2. The Balaban J connectivity index is 4.43. The van der Waals surface area contributed by atoms with E-state index in [1.54, 1.807) is 13.8 Å². The summed E-state index contributed by atoms with van der Waals surface area (Å²) in [5, 5.41) is 26.2. The average molecular weight is 246 g/mol. The van der Waals surface area contributed by atoms with Crippen molar-refractivity contribution < 1.29 is 29.6 Å². The van der Waals surface area contributed by atoms with Gasteiger partial charge in [-0.3, -0.25) is 9.59 Å². The molecule has 2 unspecified atom stereocenters. The maximum atomic E-state index is 11.5. The Morgan fingerprint density at radius 2 is 1.94 bits per heavy atom. The van der Waals surface area contributed by atoms with Crippen molar-refractivity contribution in [3.63, 3.8) is 0 Å². The van der Waals surface area contributed by atoms with Crippen LogP contribution in [0.2, 0.25) is 0 Å². The van der Waals surface area contributed by atoms with Gasteiger partial charge in [-0.1, -0.05) is 11.6 Å². The van der Waals surface area contributed by atoms with E-state index in [4.69, 9.17) is 20.1 Å². The van der Waals surface area contributed by atoms with E-state index < -0.39 is 30.6 Å². The monoisotopic (exact) mass is 246 g/mol. The van der Waals surface area contributed by atoms with E-state index >= 15 is 0 Å². The van der Waals surface area contributed by atoms with Gasteiger partial charge in [0.05, 0.1) is 18.9 Å². The third-order valence-electron chi connectivity index (χ3n) is 1.86. The summed E-state index contributed by atoms with van der Waals surface area (Å²) >= 11 is 0. The number of allylic oxidation sites excluding steroid dienone is 1. The fourth-order valence-corrected chi connectivity index (χ4v) is 1.14. The molecule has 0 aromatic heterocycles. The third-order valence-corrected chi connectivity index (χ3v) is 1.86. The molecule has 17 heavy (non-hydrogen) atoms. The number of hydrogen-bond donors (Lipinski definition) is 3. The maximum absolute atomic E-state index is 11.5. The van der Waals surface area contributed by atoms with E-state index in [0.717, 1.165) is 5.57 Å². The van der Waals surface area contributed by atoms with E-state index in [1.165, 1.54) is 6.08 Å². The van der Waals surface area contributed by atoms with Gasteiger partial charge in [-0.2, -0.15) is 0 Å². The summed E-state index contributed by atoms with van der Waals surface area (Å²) in [6.07, 6.45) is -0.00258. The summed E-state index contributed by atoms with van der Waals surface area (Å²) in [5.74, 6) is -2.70. The van der Waals surface area contributed by atoms with Crippen LogP contribution in [0.4, 0.5) is 0 Å². The zero-order valence-corrected chi connectivity index (χ0v) is 9.92. The van der Waals surface area contributed by atoms with E-state index in [9.17, 15) is 9.59 Å². The number of rotatable bonds is 7. The van der Waals surface area contributed by atoms with Gasteiger partial charge in [-0.25, -0.2) is 0 Å². The van der Waals surface area contributed by atoms with Gasteiger partial charge in [0.2, 0.25) is 0 Å². The molecule has 0 spiro atoms. The van der Waals surface area contributed by atoms with Crippen LogP contribution < -0.4 is 0 Å². The van der Waals surface area contributed by atoms with Gasteiger partial charge >= 0.3 is 11.9 Å². The number of ether oxygens (including phenoxy) is 1. The number of carboxylic acids is 1. The van der Waals surface area contributed by atoms with Gasteiger partial charge in [-0.15, -0.1) is 0 Å². The maximum Gasteiger partial charge on any atom is 0.313 e. The third kappa shape index (κ3) is 7.48. The topological polar surface area (TPSA) is 104 Å². The largest absolute Gasteiger partial charge is 0.481 e. The van der Waals surface area contributed by atoms with Gasteiger partial charge in [-0.05, 0) is 13.8 Å². The predicted octanol–water partition coefficient (Wildman–Crippen LogP) is -0.0601. The quantitative estimate of drug-likeness (QED) is 0.429. The average Bonchev–Trinajstić information content (AvgIpc) is 2.23. The Labute approximate surface area is 99.5 Å². The van der Waals surface area contributed by atoms with Crippen LogP contribution in [0.25, 0.3) is 0 Å². The molecule has 0 rings (SSSR count). The minimum atomic E-state index is -1.14. The molecule has 6 nitrogen and oxygen atoms in total. The van der Waals surface area contributed by atoms with Crippen LogP contribution in [-0.2, 0) is 14.3 Å². The standard InChI is InChI=1S/C11H18O6/c1-7(2)3-8(4-10(14)15)11(16)17-6-9(13)5-12/h3,8-9,12-13H,4-6H2,1-2H3,(H,14,15). The Bertz CT molecular complexity index is 292. The fraction of sp³-hybridized carbons (Fsp3) is 0.636. The van der Waals surface area contributed by atoms with Crippen LogP contribution in [-0.4, -0.2) is 46.6 Å². The van der Waals surface area contributed by atoms with Crippen molar-refractivity contribution >= 4 is 11.9 Å². The van der Waals surface area contributed by atoms with Gasteiger partial charge in [0.25, 0.3) is 0 Å². The first-order chi connectivity index (χ1) is 7.86. The molecule has 3 N–H and O–H groups in total. The molecule has 0 heterocycles. The molecule has 0 aliphatic heterocycles. The highest BCUT2D eigenvalue weighted by atomic mass is 16.5. The van der Waals surface area contributed by atoms with Gasteiger partial charge in [0, 0.05) is 0 Å². The molecule has 98 valence electrons. The summed E-state index contributed by atoms with van der Waals surface area (Å²) in [4.78, 5) is 22.1. The van der Waals surface area contributed by atoms with Crippen molar-refractivity contribution in [1.82, 2.24) is 0 Å². The molecule has 0 aromatic carbocycles. The Morgan fingerprint density at radius 3 is 2.35 bits per heavy atom. The zero-order valence-electron chi connectivity index (χ0n) is 9.92. The number of carboxylic acid groups (broad SMARTS) is 1. The molecule has 0 saturated heterocycles. The van der Waals surface area contributed by atoms with Crippen LogP contribution in [0.3, 0.4) is 0 Å². The number of hydrogen-bond acceptors (Lipinski definition) is 5. The normalized spacial score (nSPS) is 13.6. The van der Waals surface area contributed by atoms with Crippen LogP contribution in [0.5, 0.6) is 0 Å². The molecule has 0 saturated carbocycles. The summed E-state index contributed by atoms with van der Waals surface area (Å²) in [6, 6.07) is 0. The molecule has 0 bridgehead atoms. The second-order valence-corrected chi connectivity index (χ2v) is 3.91. The summed E-state index contributed by atoms with van der Waals surface area (Å²) in [5.41, 5.74) is 0.802. The first kappa shape index (κ1) is 15.6. The number of aliphatic carboxylic acids is 1. The number of esters is 1. The Hall–Kier alpha value is -1.40. The molecular weight excluding hydrogens is 228 g/mol. The lowest BCUT2D eigenvalue weighted by molar-refractivity contribution is -0.154. The van der Waals surface area contributed by atoms with E-state index in [2.05, 4.69) is 0 Å². The summed E-state index contributed by atoms with van der Waals surface area (Å²) in [6.45, 7) is 2.62. The summed E-state index contributed by atoms with van der Waals surface area (Å²) < 4.78 is 4.70. The van der Waals surface area contributed by atoms with Crippen molar-refractivity contribution in [2.24, 2.45) is 5.92 Å². The first-order valence-electron chi connectivity index (χ1n) is 5.19. The molecule has 0 amide bonds. The molecule has 0 aromatic rings. The lowest BCUT2D eigenvalue weighted by Gasteiger charge is -2.13. The zero-order chi connectivity index (χ0) is 13.4. The van der Waals surface area contributed by atoms with Crippen LogP contribution in [0, 0.1) is 5.92 Å². The molecular formula is C11H18O6. The van der Waals surface area contributed by atoms with Gasteiger partial charge in [0.1, 0.15) is 12.7 Å². The molecule has 6 heteroatoms. The molecule has 2 atom stereocenters. The number of aliphatic hydroxyl groups excluding tert-OH is 2. The minimum absolute atomic E-state index is 0.345.